The average molecular weight is 272 g/mol. The lowest BCUT2D eigenvalue weighted by Gasteiger charge is -2.24. The molecule has 0 unspecified atom stereocenters. The predicted molar refractivity (Wildman–Crippen MR) is 83.7 cm³/mol. The van der Waals surface area contributed by atoms with Crippen molar-refractivity contribution in [2.45, 2.75) is 26.7 Å². The maximum atomic E-state index is 4.78. The largest absolute Gasteiger partial charge is 0.299 e. The van der Waals surface area contributed by atoms with Crippen LogP contribution < -0.4 is 0 Å². The minimum absolute atomic E-state index is 1.08. The van der Waals surface area contributed by atoms with Crippen LogP contribution in [0.5, 0.6) is 0 Å². The summed E-state index contributed by atoms with van der Waals surface area (Å²) in [6.45, 7) is 7.85. The molecule has 100 valence electrons. The second kappa shape index (κ2) is 5.43. The monoisotopic (exact) mass is 272 g/mol. The molecule has 0 atom stereocenters. The van der Waals surface area contributed by atoms with Crippen LogP contribution in [0.2, 0.25) is 0 Å². The molecule has 3 heteroatoms. The molecule has 19 heavy (non-hydrogen) atoms. The van der Waals surface area contributed by atoms with Gasteiger partial charge in [0.05, 0.1) is 10.2 Å². The van der Waals surface area contributed by atoms with E-state index in [9.17, 15) is 0 Å². The lowest BCUT2D eigenvalue weighted by atomic mass is 10.1. The van der Waals surface area contributed by atoms with Crippen molar-refractivity contribution >= 4 is 27.1 Å². The summed E-state index contributed by atoms with van der Waals surface area (Å²) in [5, 5.41) is 1.22. The van der Waals surface area contributed by atoms with Gasteiger partial charge in [-0.05, 0) is 49.6 Å². The fourth-order valence-electron chi connectivity index (χ4n) is 2.59. The van der Waals surface area contributed by atoms with Gasteiger partial charge in [0, 0.05) is 13.1 Å². The van der Waals surface area contributed by atoms with E-state index in [2.05, 4.69) is 43.0 Å². The van der Waals surface area contributed by atoms with Crippen LogP contribution in [0.25, 0.3) is 15.8 Å². The maximum Gasteiger partial charge on any atom is 0.120 e. The van der Waals surface area contributed by atoms with Crippen LogP contribution in [0.1, 0.15) is 30.3 Å². The predicted octanol–water partition coefficient (Wildman–Crippen LogP) is 4.10. The first-order chi connectivity index (χ1) is 9.26. The topological polar surface area (TPSA) is 16.1 Å². The van der Waals surface area contributed by atoms with Gasteiger partial charge < -0.3 is 0 Å². The standard InChI is InChI=1S/C16H20N2S/c1-3-8-18-9-6-13(7-10-18)16-17-14-5-4-12(2)11-15(14)19-16/h4-6,11H,3,7-10H2,1-2H3. The van der Waals surface area contributed by atoms with Gasteiger partial charge in [-0.1, -0.05) is 19.1 Å². The van der Waals surface area contributed by atoms with E-state index in [4.69, 9.17) is 4.98 Å². The van der Waals surface area contributed by atoms with Crippen LogP contribution >= 0.6 is 11.3 Å². The van der Waals surface area contributed by atoms with E-state index in [1.165, 1.54) is 40.4 Å². The molecule has 2 aromatic rings. The van der Waals surface area contributed by atoms with Crippen LogP contribution in [0.15, 0.2) is 24.3 Å². The molecule has 1 aliphatic heterocycles. The van der Waals surface area contributed by atoms with Gasteiger partial charge in [0.25, 0.3) is 0 Å². The van der Waals surface area contributed by atoms with Crippen LogP contribution in [0, 0.1) is 6.92 Å². The number of fused-ring (bicyclic) bond motifs is 1. The summed E-state index contributed by atoms with van der Waals surface area (Å²) in [6, 6.07) is 6.52. The summed E-state index contributed by atoms with van der Waals surface area (Å²) in [5.74, 6) is 0. The molecular formula is C16H20N2S. The number of hydrogen-bond donors (Lipinski definition) is 0. The number of aromatic nitrogens is 1. The Hall–Kier alpha value is -1.19. The second-order valence-electron chi connectivity index (χ2n) is 5.27. The second-order valence-corrected chi connectivity index (χ2v) is 6.30. The Balaban J connectivity index is 1.85. The Morgan fingerprint density at radius 2 is 2.26 bits per heavy atom. The molecule has 0 bridgehead atoms. The highest BCUT2D eigenvalue weighted by atomic mass is 32.1. The van der Waals surface area contributed by atoms with E-state index in [1.807, 2.05) is 11.3 Å². The Bertz CT molecular complexity index is 612. The Labute approximate surface area is 118 Å². The number of aryl methyl sites for hydroxylation is 1. The Kier molecular flexibility index (Phi) is 3.67. The number of benzene rings is 1. The molecule has 0 aliphatic carbocycles. The first-order valence-electron chi connectivity index (χ1n) is 7.05. The molecule has 0 fully saturated rings. The lowest BCUT2D eigenvalue weighted by Crippen LogP contribution is -2.29. The van der Waals surface area contributed by atoms with Crippen molar-refractivity contribution in [1.29, 1.82) is 0 Å². The molecule has 1 aromatic heterocycles. The van der Waals surface area contributed by atoms with E-state index >= 15 is 0 Å². The van der Waals surface area contributed by atoms with Crippen LogP contribution in [0.4, 0.5) is 0 Å². The van der Waals surface area contributed by atoms with E-state index in [0.717, 1.165) is 18.5 Å². The molecular weight excluding hydrogens is 252 g/mol. The van der Waals surface area contributed by atoms with Gasteiger partial charge in [-0.15, -0.1) is 11.3 Å². The number of rotatable bonds is 3. The normalized spacial score (nSPS) is 16.8. The third kappa shape index (κ3) is 2.72. The van der Waals surface area contributed by atoms with E-state index in [0.29, 0.717) is 0 Å². The number of nitrogens with zero attached hydrogens (tertiary/aromatic N) is 2. The molecule has 0 amide bonds. The van der Waals surface area contributed by atoms with E-state index in [-0.39, 0.29) is 0 Å². The summed E-state index contributed by atoms with van der Waals surface area (Å²) in [6.07, 6.45) is 4.74. The quantitative estimate of drug-likeness (QED) is 0.836. The highest BCUT2D eigenvalue weighted by Gasteiger charge is 2.15. The van der Waals surface area contributed by atoms with Gasteiger partial charge in [0.15, 0.2) is 0 Å². The first-order valence-corrected chi connectivity index (χ1v) is 7.87. The summed E-state index contributed by atoms with van der Waals surface area (Å²) in [7, 11) is 0. The summed E-state index contributed by atoms with van der Waals surface area (Å²) in [5.41, 5.74) is 3.89. The molecule has 0 saturated heterocycles. The van der Waals surface area contributed by atoms with Crippen molar-refractivity contribution in [1.82, 2.24) is 9.88 Å². The zero-order valence-corrected chi connectivity index (χ0v) is 12.5. The van der Waals surface area contributed by atoms with E-state index < -0.39 is 0 Å². The number of thiazole rings is 1. The third-order valence-corrected chi connectivity index (χ3v) is 4.75. The summed E-state index contributed by atoms with van der Waals surface area (Å²) < 4.78 is 1.31. The average Bonchev–Trinajstić information content (AvgIpc) is 2.83. The fourth-order valence-corrected chi connectivity index (χ4v) is 3.73. The minimum Gasteiger partial charge on any atom is -0.299 e. The molecule has 0 saturated carbocycles. The maximum absolute atomic E-state index is 4.78. The highest BCUT2D eigenvalue weighted by molar-refractivity contribution is 7.19. The SMILES string of the molecule is CCCN1CC=C(c2nc3ccc(C)cc3s2)CC1. The molecule has 2 nitrogen and oxygen atoms in total. The van der Waals surface area contributed by atoms with Gasteiger partial charge in [0.2, 0.25) is 0 Å². The molecule has 1 aliphatic rings. The van der Waals surface area contributed by atoms with Crippen LogP contribution in [-0.4, -0.2) is 29.5 Å². The van der Waals surface area contributed by atoms with E-state index in [1.54, 1.807) is 0 Å². The molecule has 0 spiro atoms. The third-order valence-electron chi connectivity index (χ3n) is 3.65. The summed E-state index contributed by atoms with van der Waals surface area (Å²) >= 11 is 1.83. The molecule has 2 heterocycles. The fraction of sp³-hybridized carbons (Fsp3) is 0.438. The number of hydrogen-bond acceptors (Lipinski definition) is 3. The van der Waals surface area contributed by atoms with Gasteiger partial charge >= 0.3 is 0 Å². The van der Waals surface area contributed by atoms with Crippen LogP contribution in [-0.2, 0) is 0 Å². The van der Waals surface area contributed by atoms with Crippen LogP contribution in [0.3, 0.4) is 0 Å². The Morgan fingerprint density at radius 1 is 1.37 bits per heavy atom. The highest BCUT2D eigenvalue weighted by Crippen LogP contribution is 2.30. The molecule has 1 aromatic carbocycles. The summed E-state index contributed by atoms with van der Waals surface area (Å²) in [4.78, 5) is 7.30. The zero-order valence-electron chi connectivity index (χ0n) is 11.6. The van der Waals surface area contributed by atoms with Crippen molar-refractivity contribution in [3.8, 4) is 0 Å². The first kappa shape index (κ1) is 12.8. The van der Waals surface area contributed by atoms with Crippen molar-refractivity contribution in [3.05, 3.63) is 34.8 Å². The lowest BCUT2D eigenvalue weighted by molar-refractivity contribution is 0.302. The smallest absolute Gasteiger partial charge is 0.120 e. The zero-order chi connectivity index (χ0) is 13.2. The van der Waals surface area contributed by atoms with Gasteiger partial charge in [0.1, 0.15) is 5.01 Å². The molecule has 0 N–H and O–H groups in total. The van der Waals surface area contributed by atoms with Gasteiger partial charge in [-0.25, -0.2) is 4.98 Å². The molecule has 3 rings (SSSR count). The van der Waals surface area contributed by atoms with Gasteiger partial charge in [-0.2, -0.15) is 0 Å². The Morgan fingerprint density at radius 3 is 3.00 bits per heavy atom. The van der Waals surface area contributed by atoms with Crippen molar-refractivity contribution < 1.29 is 0 Å². The van der Waals surface area contributed by atoms with Crippen molar-refractivity contribution in [3.63, 3.8) is 0 Å². The minimum atomic E-state index is 1.08. The van der Waals surface area contributed by atoms with Crippen molar-refractivity contribution in [2.75, 3.05) is 19.6 Å². The molecule has 0 radical (unpaired) electrons. The van der Waals surface area contributed by atoms with Gasteiger partial charge in [-0.3, -0.25) is 4.90 Å². The van der Waals surface area contributed by atoms with Crippen molar-refractivity contribution in [2.24, 2.45) is 0 Å².